The molecule has 1 aliphatic rings. The van der Waals surface area contributed by atoms with Gasteiger partial charge in [0.25, 0.3) is 0 Å². The molecule has 0 saturated heterocycles. The summed E-state index contributed by atoms with van der Waals surface area (Å²) in [7, 11) is 0. The summed E-state index contributed by atoms with van der Waals surface area (Å²) in [4.78, 5) is 16.8. The molecular weight excluding hydrogens is 316 g/mol. The minimum absolute atomic E-state index is 0.203. The molecule has 120 valence electrons. The molecule has 7 heteroatoms. The van der Waals surface area contributed by atoms with Crippen LogP contribution in [0.2, 0.25) is 5.02 Å². The van der Waals surface area contributed by atoms with Crippen molar-refractivity contribution in [1.82, 2.24) is 14.8 Å². The SMILES string of the molecule is CC1=C(C(=O)OC(C)C)[C@@H](c2ccc(Cl)cc2)n2ncnc2N1. The Bertz CT molecular complexity index is 765. The number of nitrogens with zero attached hydrogens (tertiary/aromatic N) is 3. The molecule has 3 rings (SSSR count). The Balaban J connectivity index is 2.10. The molecule has 0 spiro atoms. The molecule has 1 aliphatic heterocycles. The summed E-state index contributed by atoms with van der Waals surface area (Å²) in [5, 5.41) is 7.98. The number of rotatable bonds is 3. The summed E-state index contributed by atoms with van der Waals surface area (Å²) in [6.45, 7) is 5.47. The molecular formula is C16H17ClN4O2. The van der Waals surface area contributed by atoms with E-state index in [2.05, 4.69) is 15.4 Å². The number of halogens is 1. The van der Waals surface area contributed by atoms with E-state index in [1.54, 1.807) is 16.8 Å². The van der Waals surface area contributed by atoms with Gasteiger partial charge in [-0.2, -0.15) is 10.1 Å². The molecule has 0 fully saturated rings. The minimum atomic E-state index is -0.405. The van der Waals surface area contributed by atoms with Crippen LogP contribution in [0, 0.1) is 0 Å². The maximum atomic E-state index is 12.6. The first-order chi connectivity index (χ1) is 11.0. The summed E-state index contributed by atoms with van der Waals surface area (Å²) in [5.74, 6) is 0.217. The van der Waals surface area contributed by atoms with Gasteiger partial charge in [-0.05, 0) is 38.5 Å². The van der Waals surface area contributed by atoms with Crippen molar-refractivity contribution in [1.29, 1.82) is 0 Å². The van der Waals surface area contributed by atoms with E-state index < -0.39 is 6.04 Å². The van der Waals surface area contributed by atoms with E-state index in [9.17, 15) is 4.79 Å². The number of aromatic nitrogens is 3. The van der Waals surface area contributed by atoms with E-state index in [1.807, 2.05) is 32.9 Å². The normalized spacial score (nSPS) is 17.0. The van der Waals surface area contributed by atoms with Crippen molar-refractivity contribution < 1.29 is 9.53 Å². The van der Waals surface area contributed by atoms with Crippen LogP contribution in [0.1, 0.15) is 32.4 Å². The van der Waals surface area contributed by atoms with Crippen molar-refractivity contribution in [3.05, 3.63) is 52.4 Å². The van der Waals surface area contributed by atoms with Gasteiger partial charge in [-0.1, -0.05) is 23.7 Å². The van der Waals surface area contributed by atoms with E-state index >= 15 is 0 Å². The highest BCUT2D eigenvalue weighted by Gasteiger charge is 2.34. The minimum Gasteiger partial charge on any atom is -0.459 e. The number of hydrogen-bond acceptors (Lipinski definition) is 5. The highest BCUT2D eigenvalue weighted by molar-refractivity contribution is 6.30. The second kappa shape index (κ2) is 6.04. The standard InChI is InChI=1S/C16H17ClN4O2/c1-9(2)23-15(22)13-10(3)20-16-18-8-19-21(16)14(13)11-4-6-12(17)7-5-11/h4-9,14H,1-3H3,(H,18,19,20)/t14-/m1/s1. The number of fused-ring (bicyclic) bond motifs is 1. The van der Waals surface area contributed by atoms with Crippen molar-refractivity contribution >= 4 is 23.5 Å². The Morgan fingerprint density at radius 1 is 1.35 bits per heavy atom. The summed E-state index contributed by atoms with van der Waals surface area (Å²) in [6, 6.07) is 6.92. The summed E-state index contributed by atoms with van der Waals surface area (Å²) in [6.07, 6.45) is 1.25. The zero-order valence-electron chi connectivity index (χ0n) is 13.1. The first kappa shape index (κ1) is 15.6. The Labute approximate surface area is 139 Å². The van der Waals surface area contributed by atoms with Crippen LogP contribution in [0.25, 0.3) is 0 Å². The summed E-state index contributed by atoms with van der Waals surface area (Å²) in [5.41, 5.74) is 2.10. The molecule has 1 aromatic heterocycles. The van der Waals surface area contributed by atoms with Crippen molar-refractivity contribution in [2.24, 2.45) is 0 Å². The van der Waals surface area contributed by atoms with Crippen LogP contribution in [0.5, 0.6) is 0 Å². The topological polar surface area (TPSA) is 69.0 Å². The average Bonchev–Trinajstić information content (AvgIpc) is 2.93. The van der Waals surface area contributed by atoms with Crippen LogP contribution >= 0.6 is 11.6 Å². The van der Waals surface area contributed by atoms with Crippen LogP contribution in [-0.4, -0.2) is 26.8 Å². The molecule has 0 radical (unpaired) electrons. The number of carbonyl (C=O) groups is 1. The lowest BCUT2D eigenvalue weighted by Crippen LogP contribution is -2.30. The second-order valence-corrected chi connectivity index (χ2v) is 6.04. The van der Waals surface area contributed by atoms with E-state index in [-0.39, 0.29) is 12.1 Å². The fourth-order valence-corrected chi connectivity index (χ4v) is 2.71. The van der Waals surface area contributed by atoms with Gasteiger partial charge in [-0.3, -0.25) is 0 Å². The van der Waals surface area contributed by atoms with Gasteiger partial charge in [0.1, 0.15) is 12.4 Å². The van der Waals surface area contributed by atoms with Gasteiger partial charge in [0.05, 0.1) is 11.7 Å². The lowest BCUT2D eigenvalue weighted by Gasteiger charge is -2.28. The molecule has 1 aromatic carbocycles. The van der Waals surface area contributed by atoms with Crippen molar-refractivity contribution in [3.63, 3.8) is 0 Å². The van der Waals surface area contributed by atoms with Crippen LogP contribution in [0.15, 0.2) is 41.9 Å². The fourth-order valence-electron chi connectivity index (χ4n) is 2.59. The third kappa shape index (κ3) is 2.94. The number of hydrogen-bond donors (Lipinski definition) is 1. The third-order valence-electron chi connectivity index (χ3n) is 3.54. The number of benzene rings is 1. The molecule has 2 aromatic rings. The van der Waals surface area contributed by atoms with Gasteiger partial charge < -0.3 is 10.1 Å². The molecule has 0 unspecified atom stereocenters. The zero-order valence-corrected chi connectivity index (χ0v) is 13.8. The highest BCUT2D eigenvalue weighted by atomic mass is 35.5. The van der Waals surface area contributed by atoms with Crippen LogP contribution in [-0.2, 0) is 9.53 Å². The smallest absolute Gasteiger partial charge is 0.338 e. The largest absolute Gasteiger partial charge is 0.459 e. The number of carbonyl (C=O) groups excluding carboxylic acids is 1. The molecule has 1 N–H and O–H groups in total. The van der Waals surface area contributed by atoms with Gasteiger partial charge in [0.2, 0.25) is 5.95 Å². The van der Waals surface area contributed by atoms with Crippen LogP contribution in [0.4, 0.5) is 5.95 Å². The van der Waals surface area contributed by atoms with Gasteiger partial charge >= 0.3 is 5.97 Å². The molecule has 0 aliphatic carbocycles. The lowest BCUT2D eigenvalue weighted by atomic mass is 9.96. The van der Waals surface area contributed by atoms with E-state index in [1.165, 1.54) is 6.33 Å². The van der Waals surface area contributed by atoms with Crippen molar-refractivity contribution in [2.45, 2.75) is 32.9 Å². The Hall–Kier alpha value is -2.34. The van der Waals surface area contributed by atoms with Gasteiger partial charge in [0, 0.05) is 10.7 Å². The van der Waals surface area contributed by atoms with E-state index in [0.717, 1.165) is 5.56 Å². The number of allylic oxidation sites excluding steroid dienone is 1. The zero-order chi connectivity index (χ0) is 16.6. The highest BCUT2D eigenvalue weighted by Crippen LogP contribution is 2.35. The number of nitrogens with one attached hydrogen (secondary N) is 1. The van der Waals surface area contributed by atoms with Gasteiger partial charge in [0.15, 0.2) is 0 Å². The van der Waals surface area contributed by atoms with Crippen molar-refractivity contribution in [3.8, 4) is 0 Å². The fraction of sp³-hybridized carbons (Fsp3) is 0.312. The third-order valence-corrected chi connectivity index (χ3v) is 3.79. The molecule has 23 heavy (non-hydrogen) atoms. The van der Waals surface area contributed by atoms with Crippen molar-refractivity contribution in [2.75, 3.05) is 5.32 Å². The Kier molecular flexibility index (Phi) is 4.09. The maximum absolute atomic E-state index is 12.6. The predicted octanol–water partition coefficient (Wildman–Crippen LogP) is 3.17. The first-order valence-corrected chi connectivity index (χ1v) is 7.69. The quantitative estimate of drug-likeness (QED) is 0.874. The van der Waals surface area contributed by atoms with Crippen LogP contribution < -0.4 is 5.32 Å². The Morgan fingerprint density at radius 2 is 2.04 bits per heavy atom. The summed E-state index contributed by atoms with van der Waals surface area (Å²) < 4.78 is 7.08. The molecule has 1 atom stereocenters. The van der Waals surface area contributed by atoms with Gasteiger partial charge in [-0.25, -0.2) is 9.48 Å². The second-order valence-electron chi connectivity index (χ2n) is 5.60. The van der Waals surface area contributed by atoms with Crippen LogP contribution in [0.3, 0.4) is 0 Å². The van der Waals surface area contributed by atoms with E-state index in [0.29, 0.717) is 22.2 Å². The number of ether oxygens (including phenoxy) is 1. The average molecular weight is 333 g/mol. The number of anilines is 1. The molecule has 0 saturated carbocycles. The number of esters is 1. The molecule has 2 heterocycles. The predicted molar refractivity (Wildman–Crippen MR) is 87.2 cm³/mol. The lowest BCUT2D eigenvalue weighted by molar-refractivity contribution is -0.143. The maximum Gasteiger partial charge on any atom is 0.338 e. The summed E-state index contributed by atoms with van der Waals surface area (Å²) >= 11 is 5.98. The molecule has 0 bridgehead atoms. The molecule has 6 nitrogen and oxygen atoms in total. The first-order valence-electron chi connectivity index (χ1n) is 7.31. The Morgan fingerprint density at radius 3 is 2.70 bits per heavy atom. The van der Waals surface area contributed by atoms with E-state index in [4.69, 9.17) is 16.3 Å². The molecule has 0 amide bonds. The monoisotopic (exact) mass is 332 g/mol. The van der Waals surface area contributed by atoms with Gasteiger partial charge in [-0.15, -0.1) is 0 Å².